The minimum absolute atomic E-state index is 0.0251. The number of nitrogens with one attached hydrogen (secondary N) is 1. The van der Waals surface area contributed by atoms with Gasteiger partial charge < -0.3 is 15.3 Å². The smallest absolute Gasteiger partial charge is 0.376 e. The fourth-order valence-corrected chi connectivity index (χ4v) is 5.32. The van der Waals surface area contributed by atoms with E-state index in [4.69, 9.17) is 0 Å². The van der Waals surface area contributed by atoms with Crippen LogP contribution in [0.15, 0.2) is 54.6 Å². The highest BCUT2D eigenvalue weighted by Gasteiger charge is 2.51. The van der Waals surface area contributed by atoms with E-state index in [2.05, 4.69) is 17.4 Å². The molecule has 4 rings (SSSR count). The Kier molecular flexibility index (Phi) is 7.19. The largest absolute Gasteiger partial charge is 0.421 e. The molecule has 2 aromatic rings. The van der Waals surface area contributed by atoms with Gasteiger partial charge in [0.15, 0.2) is 5.60 Å². The maximum atomic E-state index is 13.5. The second kappa shape index (κ2) is 9.88. The first-order valence-electron chi connectivity index (χ1n) is 12.5. The first kappa shape index (κ1) is 26.2. The Bertz CT molecular complexity index is 1070. The molecule has 36 heavy (non-hydrogen) atoms. The Hall–Kier alpha value is -2.87. The summed E-state index contributed by atoms with van der Waals surface area (Å²) in [5.41, 5.74) is -1.99. The third-order valence-corrected chi connectivity index (χ3v) is 7.79. The molecule has 0 unspecified atom stereocenters. The summed E-state index contributed by atoms with van der Waals surface area (Å²) in [6.07, 6.45) is 0.188. The Morgan fingerprint density at radius 1 is 0.972 bits per heavy atom. The molecule has 0 spiro atoms. The maximum absolute atomic E-state index is 13.5. The molecule has 0 heterocycles. The molecule has 2 N–H and O–H groups in total. The van der Waals surface area contributed by atoms with Crippen molar-refractivity contribution in [3.8, 4) is 0 Å². The van der Waals surface area contributed by atoms with Crippen LogP contribution in [0, 0.1) is 0 Å². The summed E-state index contributed by atoms with van der Waals surface area (Å²) in [5.74, 6) is -0.259. The van der Waals surface area contributed by atoms with E-state index in [9.17, 15) is 27.9 Å². The van der Waals surface area contributed by atoms with Crippen molar-refractivity contribution in [1.29, 1.82) is 0 Å². The number of benzene rings is 2. The number of alkyl halides is 3. The first-order valence-corrected chi connectivity index (χ1v) is 12.5. The fraction of sp³-hybridized carbons (Fsp3) is 0.500. The predicted octanol–water partition coefficient (Wildman–Crippen LogP) is 5.08. The number of nitrogens with zero attached hydrogens (tertiary/aromatic N) is 1. The molecule has 5 nitrogen and oxygen atoms in total. The van der Waals surface area contributed by atoms with Gasteiger partial charge in [-0.2, -0.15) is 13.2 Å². The second-order valence-electron chi connectivity index (χ2n) is 10.4. The zero-order chi connectivity index (χ0) is 26.1. The third kappa shape index (κ3) is 5.28. The molecule has 8 heteroatoms. The third-order valence-electron chi connectivity index (χ3n) is 7.79. The van der Waals surface area contributed by atoms with Gasteiger partial charge in [0.2, 0.25) is 5.91 Å². The van der Waals surface area contributed by atoms with Gasteiger partial charge in [0.25, 0.3) is 5.91 Å². The van der Waals surface area contributed by atoms with Crippen LogP contribution in [0.2, 0.25) is 0 Å². The number of rotatable bonds is 7. The number of amides is 2. The Balaban J connectivity index is 1.51. The molecule has 1 atom stereocenters. The van der Waals surface area contributed by atoms with Gasteiger partial charge in [-0.05, 0) is 68.7 Å². The summed E-state index contributed by atoms with van der Waals surface area (Å²) < 4.78 is 39.6. The van der Waals surface area contributed by atoms with Crippen molar-refractivity contribution in [3.05, 3.63) is 71.3 Å². The lowest BCUT2D eigenvalue weighted by molar-refractivity contribution is -0.258. The lowest BCUT2D eigenvalue weighted by Crippen LogP contribution is -2.49. The topological polar surface area (TPSA) is 69.6 Å². The molecule has 2 aliphatic carbocycles. The summed E-state index contributed by atoms with van der Waals surface area (Å²) in [4.78, 5) is 27.1. The van der Waals surface area contributed by atoms with Gasteiger partial charge in [0, 0.05) is 36.5 Å². The average Bonchev–Trinajstić information content (AvgIpc) is 3.69. The van der Waals surface area contributed by atoms with Crippen LogP contribution < -0.4 is 5.32 Å². The van der Waals surface area contributed by atoms with E-state index in [1.165, 1.54) is 36.8 Å². The van der Waals surface area contributed by atoms with Gasteiger partial charge in [0.1, 0.15) is 0 Å². The molecule has 194 valence electrons. The number of hydrogen-bond acceptors (Lipinski definition) is 3. The van der Waals surface area contributed by atoms with E-state index in [0.29, 0.717) is 19.0 Å². The number of carbonyl (C=O) groups excluding carboxylic acids is 2. The van der Waals surface area contributed by atoms with Crippen LogP contribution in [0.5, 0.6) is 0 Å². The molecule has 2 aromatic carbocycles. The average molecular weight is 503 g/mol. The molecular weight excluding hydrogens is 469 g/mol. The van der Waals surface area contributed by atoms with Crippen molar-refractivity contribution in [1.82, 2.24) is 10.2 Å². The quantitative estimate of drug-likeness (QED) is 0.555. The van der Waals surface area contributed by atoms with E-state index in [1.807, 2.05) is 23.1 Å². The maximum Gasteiger partial charge on any atom is 0.421 e. The van der Waals surface area contributed by atoms with Crippen LogP contribution in [0.3, 0.4) is 0 Å². The SMILES string of the molecule is CC(=O)NCC1(c2ccccc2)CCC(N(C(=O)c2ccc([C@](C)(O)C(F)(F)F)cc2)C2CC2)CC1. The summed E-state index contributed by atoms with van der Waals surface area (Å²) in [7, 11) is 0. The lowest BCUT2D eigenvalue weighted by atomic mass is 9.67. The highest BCUT2D eigenvalue weighted by molar-refractivity contribution is 5.95. The number of halogens is 3. The molecule has 0 bridgehead atoms. The van der Waals surface area contributed by atoms with E-state index in [0.717, 1.165) is 38.5 Å². The molecule has 0 aromatic heterocycles. The second-order valence-corrected chi connectivity index (χ2v) is 10.4. The van der Waals surface area contributed by atoms with Gasteiger partial charge >= 0.3 is 6.18 Å². The highest BCUT2D eigenvalue weighted by atomic mass is 19.4. The Labute approximate surface area is 209 Å². The lowest BCUT2D eigenvalue weighted by Gasteiger charge is -2.44. The first-order chi connectivity index (χ1) is 16.9. The Morgan fingerprint density at radius 3 is 2.03 bits per heavy atom. The normalized spacial score (nSPS) is 24.0. The van der Waals surface area contributed by atoms with Crippen LogP contribution in [-0.4, -0.2) is 46.6 Å². The predicted molar refractivity (Wildman–Crippen MR) is 130 cm³/mol. The standard InChI is InChI=1S/C28H33F3N2O3/c1-19(34)32-18-27(22-6-4-3-5-7-22)16-14-24(15-17-27)33(23-12-13-23)25(35)20-8-10-21(11-9-20)26(2,36)28(29,30)31/h3-11,23-24,36H,12-18H2,1-2H3,(H,32,34)/t24?,26-,27?/m0/s1. The van der Waals surface area contributed by atoms with Crippen LogP contribution in [0.4, 0.5) is 13.2 Å². The molecule has 0 radical (unpaired) electrons. The molecule has 2 fully saturated rings. The van der Waals surface area contributed by atoms with Gasteiger partial charge in [-0.1, -0.05) is 42.5 Å². The molecule has 2 aliphatic rings. The fourth-order valence-electron chi connectivity index (χ4n) is 5.32. The minimum atomic E-state index is -4.82. The molecule has 2 amide bonds. The number of aliphatic hydroxyl groups is 1. The van der Waals surface area contributed by atoms with Crippen molar-refractivity contribution in [2.24, 2.45) is 0 Å². The van der Waals surface area contributed by atoms with Crippen molar-refractivity contribution in [2.75, 3.05) is 6.54 Å². The van der Waals surface area contributed by atoms with Crippen LogP contribution in [0.1, 0.15) is 73.9 Å². The molecule has 0 saturated heterocycles. The number of carbonyl (C=O) groups is 2. The van der Waals surface area contributed by atoms with Crippen molar-refractivity contribution in [2.45, 2.75) is 81.6 Å². The van der Waals surface area contributed by atoms with Crippen LogP contribution in [-0.2, 0) is 15.8 Å². The highest BCUT2D eigenvalue weighted by Crippen LogP contribution is 2.43. The summed E-state index contributed by atoms with van der Waals surface area (Å²) in [5, 5.41) is 12.9. The zero-order valence-corrected chi connectivity index (χ0v) is 20.6. The van der Waals surface area contributed by atoms with Crippen LogP contribution in [0.25, 0.3) is 0 Å². The van der Waals surface area contributed by atoms with Crippen molar-refractivity contribution in [3.63, 3.8) is 0 Å². The zero-order valence-electron chi connectivity index (χ0n) is 20.6. The van der Waals surface area contributed by atoms with Crippen LogP contribution >= 0.6 is 0 Å². The van der Waals surface area contributed by atoms with Gasteiger partial charge in [-0.3, -0.25) is 9.59 Å². The Morgan fingerprint density at radius 2 is 1.53 bits per heavy atom. The van der Waals surface area contributed by atoms with E-state index in [-0.39, 0.29) is 34.9 Å². The van der Waals surface area contributed by atoms with E-state index >= 15 is 0 Å². The number of hydrogen-bond donors (Lipinski definition) is 2. The van der Waals surface area contributed by atoms with Gasteiger partial charge in [0.05, 0.1) is 0 Å². The van der Waals surface area contributed by atoms with Gasteiger partial charge in [-0.15, -0.1) is 0 Å². The molecule has 2 saturated carbocycles. The summed E-state index contributed by atoms with van der Waals surface area (Å²) in [6.45, 7) is 2.76. The van der Waals surface area contributed by atoms with E-state index < -0.39 is 11.8 Å². The monoisotopic (exact) mass is 502 g/mol. The summed E-state index contributed by atoms with van der Waals surface area (Å²) >= 11 is 0. The molecular formula is C28H33F3N2O3. The van der Waals surface area contributed by atoms with Crippen molar-refractivity contribution >= 4 is 11.8 Å². The molecule has 0 aliphatic heterocycles. The summed E-state index contributed by atoms with van der Waals surface area (Å²) in [6, 6.07) is 15.4. The van der Waals surface area contributed by atoms with E-state index in [1.54, 1.807) is 0 Å². The van der Waals surface area contributed by atoms with Gasteiger partial charge in [-0.25, -0.2) is 0 Å². The van der Waals surface area contributed by atoms with Crippen molar-refractivity contribution < 1.29 is 27.9 Å². The minimum Gasteiger partial charge on any atom is -0.376 e.